The van der Waals surface area contributed by atoms with Crippen LogP contribution >= 0.6 is 0 Å². The van der Waals surface area contributed by atoms with Gasteiger partial charge in [0.05, 0.1) is 4.90 Å². The van der Waals surface area contributed by atoms with E-state index in [-0.39, 0.29) is 16.8 Å². The van der Waals surface area contributed by atoms with Crippen molar-refractivity contribution in [2.75, 3.05) is 5.32 Å². The Hall–Kier alpha value is -2.18. The molecule has 0 heterocycles. The fraction of sp³-hybridized carbons (Fsp3) is 0.278. The molecule has 5 nitrogen and oxygen atoms in total. The highest BCUT2D eigenvalue weighted by Gasteiger charge is 2.28. The number of carbonyl (C=O) groups is 1. The Morgan fingerprint density at radius 3 is 2.54 bits per heavy atom. The summed E-state index contributed by atoms with van der Waals surface area (Å²) in [7, 11) is -3.54. The summed E-state index contributed by atoms with van der Waals surface area (Å²) >= 11 is 0. The van der Waals surface area contributed by atoms with E-state index in [2.05, 4.69) is 10.0 Å². The summed E-state index contributed by atoms with van der Waals surface area (Å²) < 4.78 is 27.2. The van der Waals surface area contributed by atoms with E-state index < -0.39 is 10.0 Å². The van der Waals surface area contributed by atoms with Crippen LogP contribution in [0, 0.1) is 13.8 Å². The third-order valence-electron chi connectivity index (χ3n) is 3.94. The molecule has 0 spiro atoms. The number of hydrogen-bond donors (Lipinski definition) is 2. The fourth-order valence-electron chi connectivity index (χ4n) is 2.41. The van der Waals surface area contributed by atoms with Crippen LogP contribution in [0.25, 0.3) is 0 Å². The number of rotatable bonds is 5. The van der Waals surface area contributed by atoms with E-state index in [4.69, 9.17) is 0 Å². The molecule has 1 aliphatic rings. The molecule has 24 heavy (non-hydrogen) atoms. The molecule has 2 N–H and O–H groups in total. The van der Waals surface area contributed by atoms with Gasteiger partial charge in [-0.05, 0) is 56.5 Å². The number of anilines is 1. The van der Waals surface area contributed by atoms with E-state index in [9.17, 15) is 13.2 Å². The molecule has 126 valence electrons. The maximum absolute atomic E-state index is 12.5. The van der Waals surface area contributed by atoms with Crippen molar-refractivity contribution in [3.05, 3.63) is 59.2 Å². The molecule has 0 aliphatic heterocycles. The van der Waals surface area contributed by atoms with Crippen molar-refractivity contribution < 1.29 is 13.2 Å². The first-order valence-electron chi connectivity index (χ1n) is 7.86. The van der Waals surface area contributed by atoms with E-state index in [0.717, 1.165) is 24.0 Å². The largest absolute Gasteiger partial charge is 0.322 e. The lowest BCUT2D eigenvalue weighted by atomic mass is 10.1. The van der Waals surface area contributed by atoms with Gasteiger partial charge in [-0.3, -0.25) is 4.79 Å². The van der Waals surface area contributed by atoms with Gasteiger partial charge in [0, 0.05) is 17.3 Å². The number of carbonyl (C=O) groups excluding carboxylic acids is 1. The number of amides is 1. The van der Waals surface area contributed by atoms with Crippen LogP contribution in [0.5, 0.6) is 0 Å². The zero-order chi connectivity index (χ0) is 17.3. The van der Waals surface area contributed by atoms with Gasteiger partial charge in [-0.2, -0.15) is 0 Å². The van der Waals surface area contributed by atoms with Gasteiger partial charge in [-0.1, -0.05) is 23.8 Å². The average molecular weight is 344 g/mol. The minimum absolute atomic E-state index is 0.0446. The third-order valence-corrected chi connectivity index (χ3v) is 5.46. The van der Waals surface area contributed by atoms with Crippen molar-refractivity contribution >= 4 is 21.6 Å². The lowest BCUT2D eigenvalue weighted by Crippen LogP contribution is -2.25. The highest BCUT2D eigenvalue weighted by Crippen LogP contribution is 2.23. The third kappa shape index (κ3) is 3.83. The molecule has 1 amide bonds. The zero-order valence-corrected chi connectivity index (χ0v) is 14.5. The first-order chi connectivity index (χ1) is 11.3. The first-order valence-corrected chi connectivity index (χ1v) is 9.34. The summed E-state index contributed by atoms with van der Waals surface area (Å²) in [5.74, 6) is -0.249. The highest BCUT2D eigenvalue weighted by atomic mass is 32.2. The Morgan fingerprint density at radius 2 is 1.83 bits per heavy atom. The molecule has 6 heteroatoms. The van der Waals surface area contributed by atoms with Crippen LogP contribution in [0.15, 0.2) is 47.4 Å². The van der Waals surface area contributed by atoms with E-state index in [1.165, 1.54) is 12.1 Å². The molecule has 1 aliphatic carbocycles. The molecule has 0 radical (unpaired) electrons. The highest BCUT2D eigenvalue weighted by molar-refractivity contribution is 7.89. The fourth-order valence-corrected chi connectivity index (χ4v) is 3.76. The van der Waals surface area contributed by atoms with Crippen molar-refractivity contribution in [2.45, 2.75) is 37.6 Å². The monoisotopic (exact) mass is 344 g/mol. The van der Waals surface area contributed by atoms with E-state index in [0.29, 0.717) is 11.3 Å². The number of nitrogens with one attached hydrogen (secondary N) is 2. The van der Waals surface area contributed by atoms with Crippen LogP contribution < -0.4 is 10.0 Å². The lowest BCUT2D eigenvalue weighted by Gasteiger charge is -2.10. The summed E-state index contributed by atoms with van der Waals surface area (Å²) in [6.45, 7) is 3.79. The smallest absolute Gasteiger partial charge is 0.255 e. The number of benzene rings is 2. The molecule has 0 bridgehead atoms. The van der Waals surface area contributed by atoms with Crippen LogP contribution in [0.4, 0.5) is 5.69 Å². The summed E-state index contributed by atoms with van der Waals surface area (Å²) in [5, 5.41) is 2.78. The topological polar surface area (TPSA) is 75.3 Å². The second-order valence-corrected chi connectivity index (χ2v) is 7.91. The molecule has 2 aromatic rings. The first kappa shape index (κ1) is 16.7. The summed E-state index contributed by atoms with van der Waals surface area (Å²) in [6.07, 6.45) is 1.75. The minimum Gasteiger partial charge on any atom is -0.322 e. The van der Waals surface area contributed by atoms with E-state index >= 15 is 0 Å². The molecule has 1 saturated carbocycles. The Balaban J connectivity index is 1.81. The normalized spacial score (nSPS) is 14.4. The maximum Gasteiger partial charge on any atom is 0.255 e. The quantitative estimate of drug-likeness (QED) is 0.875. The molecule has 0 unspecified atom stereocenters. The van der Waals surface area contributed by atoms with Gasteiger partial charge in [0.15, 0.2) is 0 Å². The van der Waals surface area contributed by atoms with Crippen molar-refractivity contribution in [3.63, 3.8) is 0 Å². The molecule has 0 aromatic heterocycles. The summed E-state index contributed by atoms with van der Waals surface area (Å²) in [5.41, 5.74) is 2.91. The van der Waals surface area contributed by atoms with Gasteiger partial charge in [0.25, 0.3) is 5.91 Å². The predicted octanol–water partition coefficient (Wildman–Crippen LogP) is 3.00. The maximum atomic E-state index is 12.5. The minimum atomic E-state index is -3.54. The van der Waals surface area contributed by atoms with Crippen LogP contribution in [0.3, 0.4) is 0 Å². The Morgan fingerprint density at radius 1 is 1.08 bits per heavy atom. The van der Waals surface area contributed by atoms with Gasteiger partial charge in [0.2, 0.25) is 10.0 Å². The molecule has 0 atom stereocenters. The van der Waals surface area contributed by atoms with Gasteiger partial charge in [-0.15, -0.1) is 0 Å². The second-order valence-electron chi connectivity index (χ2n) is 6.20. The number of aryl methyl sites for hydroxylation is 2. The van der Waals surface area contributed by atoms with Gasteiger partial charge in [-0.25, -0.2) is 13.1 Å². The van der Waals surface area contributed by atoms with Crippen molar-refractivity contribution in [3.8, 4) is 0 Å². The Kier molecular flexibility index (Phi) is 4.43. The number of sulfonamides is 1. The summed E-state index contributed by atoms with van der Waals surface area (Å²) in [6, 6.07) is 12.0. The van der Waals surface area contributed by atoms with Gasteiger partial charge >= 0.3 is 0 Å². The average Bonchev–Trinajstić information content (AvgIpc) is 3.33. The standard InChI is InChI=1S/C18H20N2O3S/c1-12-6-7-13(2)17(10-12)18(21)19-15-4-3-5-16(11-15)24(22,23)20-14-8-9-14/h3-7,10-11,14,20H,8-9H2,1-2H3,(H,19,21). The van der Waals surface area contributed by atoms with Crippen molar-refractivity contribution in [1.29, 1.82) is 0 Å². The van der Waals surface area contributed by atoms with Crippen LogP contribution in [-0.2, 0) is 10.0 Å². The Bertz CT molecular complexity index is 887. The van der Waals surface area contributed by atoms with Crippen LogP contribution in [0.2, 0.25) is 0 Å². The van der Waals surface area contributed by atoms with Crippen molar-refractivity contribution in [2.24, 2.45) is 0 Å². The predicted molar refractivity (Wildman–Crippen MR) is 93.7 cm³/mol. The molecular weight excluding hydrogens is 324 g/mol. The molecular formula is C18H20N2O3S. The van der Waals surface area contributed by atoms with Crippen LogP contribution in [-0.4, -0.2) is 20.4 Å². The Labute approximate surface area is 142 Å². The van der Waals surface area contributed by atoms with Gasteiger partial charge < -0.3 is 5.32 Å². The zero-order valence-electron chi connectivity index (χ0n) is 13.7. The second kappa shape index (κ2) is 6.37. The molecule has 1 fully saturated rings. The van der Waals surface area contributed by atoms with Gasteiger partial charge in [0.1, 0.15) is 0 Å². The number of hydrogen-bond acceptors (Lipinski definition) is 3. The lowest BCUT2D eigenvalue weighted by molar-refractivity contribution is 0.102. The van der Waals surface area contributed by atoms with E-state index in [1.54, 1.807) is 12.1 Å². The molecule has 0 saturated heterocycles. The van der Waals surface area contributed by atoms with E-state index in [1.807, 2.05) is 32.0 Å². The molecule has 2 aromatic carbocycles. The van der Waals surface area contributed by atoms with Crippen LogP contribution in [0.1, 0.15) is 34.3 Å². The molecule has 3 rings (SSSR count). The summed E-state index contributed by atoms with van der Waals surface area (Å²) in [4.78, 5) is 12.6. The SMILES string of the molecule is Cc1ccc(C)c(C(=O)Nc2cccc(S(=O)(=O)NC3CC3)c2)c1. The van der Waals surface area contributed by atoms with Crippen molar-refractivity contribution in [1.82, 2.24) is 4.72 Å².